The second-order valence-electron chi connectivity index (χ2n) is 5.10. The average Bonchev–Trinajstić information content (AvgIpc) is 2.60. The molecule has 1 aliphatic rings. The van der Waals surface area contributed by atoms with Crippen LogP contribution in [0.5, 0.6) is 0 Å². The smallest absolute Gasteiger partial charge is 0.0383 e. The molecule has 0 aliphatic heterocycles. The summed E-state index contributed by atoms with van der Waals surface area (Å²) in [6, 6.07) is 7.48. The zero-order valence-electron chi connectivity index (χ0n) is 10.8. The summed E-state index contributed by atoms with van der Waals surface area (Å²) in [5.74, 6) is 0.734. The monoisotopic (exact) mass is 251 g/mol. The third-order valence-corrected chi connectivity index (χ3v) is 4.32. The highest BCUT2D eigenvalue weighted by atomic mass is 32.2. The molecule has 0 radical (unpaired) electrons. The Bertz CT molecular complexity index is 430. The standard InChI is InChI=1S/C14H21NOS/c1-10-4-5-12-6-7-14(13(12)8-10)15-11(2)9-17(3)16/h4-5,8,11,14-15H,6-7,9H2,1-3H3. The summed E-state index contributed by atoms with van der Waals surface area (Å²) in [5.41, 5.74) is 4.24. The van der Waals surface area contributed by atoms with E-state index in [0.717, 1.165) is 12.2 Å². The molecule has 3 unspecified atom stereocenters. The van der Waals surface area contributed by atoms with Crippen LogP contribution in [-0.4, -0.2) is 22.3 Å². The van der Waals surface area contributed by atoms with E-state index in [1.807, 2.05) is 0 Å². The molecule has 0 saturated carbocycles. The lowest BCUT2D eigenvalue weighted by molar-refractivity contribution is 0.477. The summed E-state index contributed by atoms with van der Waals surface area (Å²) in [6.07, 6.45) is 4.10. The lowest BCUT2D eigenvalue weighted by Gasteiger charge is -2.19. The van der Waals surface area contributed by atoms with Gasteiger partial charge in [0.2, 0.25) is 0 Å². The Labute approximate surface area is 106 Å². The second kappa shape index (κ2) is 5.32. The molecule has 0 heterocycles. The Morgan fingerprint density at radius 2 is 2.29 bits per heavy atom. The molecule has 0 bridgehead atoms. The number of fused-ring (bicyclic) bond motifs is 1. The highest BCUT2D eigenvalue weighted by Gasteiger charge is 2.23. The Kier molecular flexibility index (Phi) is 4.00. The zero-order valence-corrected chi connectivity index (χ0v) is 11.6. The van der Waals surface area contributed by atoms with Crippen molar-refractivity contribution in [1.29, 1.82) is 0 Å². The lowest BCUT2D eigenvalue weighted by atomic mass is 10.0. The molecule has 2 nitrogen and oxygen atoms in total. The fourth-order valence-corrected chi connectivity index (χ4v) is 3.44. The number of hydrogen-bond donors (Lipinski definition) is 1. The van der Waals surface area contributed by atoms with E-state index >= 15 is 0 Å². The summed E-state index contributed by atoms with van der Waals surface area (Å²) in [5, 5.41) is 3.60. The highest BCUT2D eigenvalue weighted by molar-refractivity contribution is 7.84. The van der Waals surface area contributed by atoms with E-state index in [9.17, 15) is 4.21 Å². The van der Waals surface area contributed by atoms with Gasteiger partial charge in [-0.05, 0) is 37.8 Å². The number of nitrogens with one attached hydrogen (secondary N) is 1. The van der Waals surface area contributed by atoms with Gasteiger partial charge in [0.15, 0.2) is 0 Å². The number of hydrogen-bond acceptors (Lipinski definition) is 2. The van der Waals surface area contributed by atoms with Crippen molar-refractivity contribution in [2.24, 2.45) is 0 Å². The zero-order chi connectivity index (χ0) is 12.4. The van der Waals surface area contributed by atoms with Crippen LogP contribution in [0.25, 0.3) is 0 Å². The molecule has 0 saturated heterocycles. The topological polar surface area (TPSA) is 29.1 Å². The van der Waals surface area contributed by atoms with Crippen molar-refractivity contribution < 1.29 is 4.21 Å². The van der Waals surface area contributed by atoms with Crippen molar-refractivity contribution in [3.8, 4) is 0 Å². The first kappa shape index (κ1) is 12.8. The first-order chi connectivity index (χ1) is 8.06. The van der Waals surface area contributed by atoms with Crippen molar-refractivity contribution in [1.82, 2.24) is 5.32 Å². The maximum Gasteiger partial charge on any atom is 0.0383 e. The average molecular weight is 251 g/mol. The molecular weight excluding hydrogens is 230 g/mol. The quantitative estimate of drug-likeness (QED) is 0.890. The van der Waals surface area contributed by atoms with E-state index in [4.69, 9.17) is 0 Å². The van der Waals surface area contributed by atoms with Crippen molar-refractivity contribution in [2.45, 2.75) is 38.8 Å². The van der Waals surface area contributed by atoms with Crippen molar-refractivity contribution in [2.75, 3.05) is 12.0 Å². The van der Waals surface area contributed by atoms with Crippen LogP contribution in [0.2, 0.25) is 0 Å². The second-order valence-corrected chi connectivity index (χ2v) is 6.58. The van der Waals surface area contributed by atoms with E-state index in [1.165, 1.54) is 23.1 Å². The molecular formula is C14H21NOS. The third-order valence-electron chi connectivity index (χ3n) is 3.35. The minimum Gasteiger partial charge on any atom is -0.307 e. The summed E-state index contributed by atoms with van der Waals surface area (Å²) in [4.78, 5) is 0. The van der Waals surface area contributed by atoms with Gasteiger partial charge in [-0.1, -0.05) is 23.8 Å². The summed E-state index contributed by atoms with van der Waals surface area (Å²) in [7, 11) is -0.720. The molecule has 3 atom stereocenters. The Hall–Kier alpha value is -0.670. The number of benzene rings is 1. The molecule has 0 fully saturated rings. The van der Waals surface area contributed by atoms with Gasteiger partial charge in [-0.15, -0.1) is 0 Å². The minimum absolute atomic E-state index is 0.317. The van der Waals surface area contributed by atoms with Crippen LogP contribution in [0.3, 0.4) is 0 Å². The van der Waals surface area contributed by atoms with Crippen molar-refractivity contribution in [3.63, 3.8) is 0 Å². The van der Waals surface area contributed by atoms with Crippen molar-refractivity contribution >= 4 is 10.8 Å². The highest BCUT2D eigenvalue weighted by Crippen LogP contribution is 2.32. The summed E-state index contributed by atoms with van der Waals surface area (Å²) in [6.45, 7) is 4.26. The molecule has 3 heteroatoms. The molecule has 1 N–H and O–H groups in total. The van der Waals surface area contributed by atoms with Crippen LogP contribution in [0.1, 0.15) is 36.1 Å². The minimum atomic E-state index is -0.720. The molecule has 1 aliphatic carbocycles. The van der Waals surface area contributed by atoms with Crippen molar-refractivity contribution in [3.05, 3.63) is 34.9 Å². The molecule has 0 spiro atoms. The van der Waals surface area contributed by atoms with Gasteiger partial charge >= 0.3 is 0 Å². The normalized spacial score (nSPS) is 22.2. The Balaban J connectivity index is 2.06. The van der Waals surface area contributed by atoms with Gasteiger partial charge in [0.1, 0.15) is 0 Å². The van der Waals surface area contributed by atoms with Gasteiger partial charge in [-0.3, -0.25) is 4.21 Å². The molecule has 0 amide bonds. The SMILES string of the molecule is Cc1ccc2c(c1)C(NC(C)CS(C)=O)CC2. The van der Waals surface area contributed by atoms with E-state index in [1.54, 1.807) is 6.26 Å². The number of aryl methyl sites for hydroxylation is 2. The van der Waals surface area contributed by atoms with Gasteiger partial charge in [0, 0.05) is 34.9 Å². The molecule has 1 aromatic rings. The van der Waals surface area contributed by atoms with Gasteiger partial charge in [0.05, 0.1) is 0 Å². The number of rotatable bonds is 4. The van der Waals surface area contributed by atoms with E-state index in [0.29, 0.717) is 12.1 Å². The van der Waals surface area contributed by atoms with Crippen LogP contribution >= 0.6 is 0 Å². The molecule has 0 aromatic heterocycles. The molecule has 2 rings (SSSR count). The first-order valence-corrected chi connectivity index (χ1v) is 7.94. The maximum atomic E-state index is 11.2. The van der Waals surface area contributed by atoms with E-state index < -0.39 is 10.8 Å². The summed E-state index contributed by atoms with van der Waals surface area (Å²) < 4.78 is 11.2. The van der Waals surface area contributed by atoms with Gasteiger partial charge in [0.25, 0.3) is 0 Å². The fourth-order valence-electron chi connectivity index (χ4n) is 2.64. The van der Waals surface area contributed by atoms with Gasteiger partial charge in [-0.2, -0.15) is 0 Å². The first-order valence-electron chi connectivity index (χ1n) is 6.22. The van der Waals surface area contributed by atoms with Crippen LogP contribution in [0, 0.1) is 6.92 Å². The van der Waals surface area contributed by atoms with Crippen LogP contribution < -0.4 is 5.32 Å². The Morgan fingerprint density at radius 3 is 3.00 bits per heavy atom. The van der Waals surface area contributed by atoms with Gasteiger partial charge in [-0.25, -0.2) is 0 Å². The maximum absolute atomic E-state index is 11.2. The lowest BCUT2D eigenvalue weighted by Crippen LogP contribution is -2.33. The van der Waals surface area contributed by atoms with E-state index in [2.05, 4.69) is 37.4 Å². The largest absolute Gasteiger partial charge is 0.307 e. The fraction of sp³-hybridized carbons (Fsp3) is 0.571. The van der Waals surface area contributed by atoms with Crippen LogP contribution in [0.4, 0.5) is 0 Å². The summed E-state index contributed by atoms with van der Waals surface area (Å²) >= 11 is 0. The molecule has 94 valence electrons. The van der Waals surface area contributed by atoms with Crippen LogP contribution in [0.15, 0.2) is 18.2 Å². The predicted octanol–water partition coefficient (Wildman–Crippen LogP) is 2.34. The molecule has 17 heavy (non-hydrogen) atoms. The van der Waals surface area contributed by atoms with Gasteiger partial charge < -0.3 is 5.32 Å². The third kappa shape index (κ3) is 3.17. The van der Waals surface area contributed by atoms with E-state index in [-0.39, 0.29) is 0 Å². The molecule has 1 aromatic carbocycles. The predicted molar refractivity (Wildman–Crippen MR) is 73.8 cm³/mol. The van der Waals surface area contributed by atoms with Crippen LogP contribution in [-0.2, 0) is 17.2 Å². The Morgan fingerprint density at radius 1 is 1.53 bits per heavy atom.